The Bertz CT molecular complexity index is 179. The second kappa shape index (κ2) is 4.86. The maximum atomic E-state index is 9.98. The summed E-state index contributed by atoms with van der Waals surface area (Å²) in [7, 11) is 0. The predicted octanol–water partition coefficient (Wildman–Crippen LogP) is 2.18. The number of thioether (sulfide) groups is 1. The number of piperidine rings is 1. The SMILES string of the molecule is CSC(C)N1CCCC(C(C)(C)O)C1. The molecule has 0 spiro atoms. The standard InChI is InChI=1S/C11H23NOS/c1-9(14-4)12-7-5-6-10(8-12)11(2,3)13/h9-10,13H,5-8H2,1-4H3. The number of likely N-dealkylation sites (tertiary alicyclic amines) is 1. The zero-order valence-corrected chi connectivity index (χ0v) is 10.6. The van der Waals surface area contributed by atoms with Gasteiger partial charge in [-0.3, -0.25) is 4.90 Å². The molecule has 2 unspecified atom stereocenters. The molecule has 1 rings (SSSR count). The molecule has 1 fully saturated rings. The van der Waals surface area contributed by atoms with Gasteiger partial charge in [0.25, 0.3) is 0 Å². The fraction of sp³-hybridized carbons (Fsp3) is 1.00. The van der Waals surface area contributed by atoms with E-state index in [2.05, 4.69) is 18.1 Å². The Morgan fingerprint density at radius 1 is 1.50 bits per heavy atom. The minimum atomic E-state index is -0.517. The van der Waals surface area contributed by atoms with E-state index >= 15 is 0 Å². The minimum absolute atomic E-state index is 0.436. The summed E-state index contributed by atoms with van der Waals surface area (Å²) in [5.41, 5.74) is -0.517. The molecule has 0 aromatic rings. The van der Waals surface area contributed by atoms with E-state index in [0.717, 1.165) is 6.54 Å². The van der Waals surface area contributed by atoms with Gasteiger partial charge in [-0.25, -0.2) is 0 Å². The first-order valence-electron chi connectivity index (χ1n) is 5.44. The van der Waals surface area contributed by atoms with Gasteiger partial charge in [0.05, 0.1) is 11.0 Å². The van der Waals surface area contributed by atoms with Gasteiger partial charge in [-0.1, -0.05) is 0 Å². The van der Waals surface area contributed by atoms with Crippen molar-refractivity contribution in [3.63, 3.8) is 0 Å². The Morgan fingerprint density at radius 3 is 2.64 bits per heavy atom. The molecule has 1 heterocycles. The van der Waals surface area contributed by atoms with Gasteiger partial charge >= 0.3 is 0 Å². The van der Waals surface area contributed by atoms with Crippen LogP contribution in [0.15, 0.2) is 0 Å². The fourth-order valence-electron chi connectivity index (χ4n) is 2.06. The van der Waals surface area contributed by atoms with Crippen molar-refractivity contribution in [3.05, 3.63) is 0 Å². The van der Waals surface area contributed by atoms with E-state index in [-0.39, 0.29) is 0 Å². The zero-order valence-electron chi connectivity index (χ0n) is 9.79. The van der Waals surface area contributed by atoms with Crippen LogP contribution in [-0.2, 0) is 0 Å². The summed E-state index contributed by atoms with van der Waals surface area (Å²) in [6.07, 6.45) is 4.54. The van der Waals surface area contributed by atoms with Gasteiger partial charge in [0.15, 0.2) is 0 Å². The summed E-state index contributed by atoms with van der Waals surface area (Å²) in [6.45, 7) is 8.35. The molecule has 14 heavy (non-hydrogen) atoms. The number of hydrogen-bond acceptors (Lipinski definition) is 3. The molecule has 0 aliphatic carbocycles. The van der Waals surface area contributed by atoms with Crippen molar-refractivity contribution in [1.82, 2.24) is 4.90 Å². The van der Waals surface area contributed by atoms with Crippen molar-refractivity contribution in [2.24, 2.45) is 5.92 Å². The van der Waals surface area contributed by atoms with Gasteiger partial charge in [0.2, 0.25) is 0 Å². The lowest BCUT2D eigenvalue weighted by atomic mass is 9.84. The molecular formula is C11H23NOS. The van der Waals surface area contributed by atoms with Crippen LogP contribution in [0.4, 0.5) is 0 Å². The molecule has 1 aliphatic rings. The van der Waals surface area contributed by atoms with E-state index in [1.54, 1.807) is 0 Å². The highest BCUT2D eigenvalue weighted by Crippen LogP contribution is 2.29. The second-order valence-electron chi connectivity index (χ2n) is 4.82. The lowest BCUT2D eigenvalue weighted by Gasteiger charge is -2.40. The largest absolute Gasteiger partial charge is 0.390 e. The van der Waals surface area contributed by atoms with Gasteiger partial charge in [-0.05, 0) is 52.3 Å². The van der Waals surface area contributed by atoms with Gasteiger partial charge in [0.1, 0.15) is 0 Å². The number of rotatable bonds is 3. The quantitative estimate of drug-likeness (QED) is 0.784. The van der Waals surface area contributed by atoms with E-state index < -0.39 is 5.60 Å². The zero-order chi connectivity index (χ0) is 10.8. The van der Waals surface area contributed by atoms with Gasteiger partial charge in [-0.2, -0.15) is 0 Å². The van der Waals surface area contributed by atoms with Crippen LogP contribution in [-0.4, -0.2) is 40.3 Å². The molecule has 1 N–H and O–H groups in total. The van der Waals surface area contributed by atoms with Gasteiger partial charge in [-0.15, -0.1) is 11.8 Å². The second-order valence-corrected chi connectivity index (χ2v) is 5.98. The molecule has 3 heteroatoms. The molecule has 0 aromatic heterocycles. The summed E-state index contributed by atoms with van der Waals surface area (Å²) >= 11 is 1.89. The fourth-order valence-corrected chi connectivity index (χ4v) is 2.55. The lowest BCUT2D eigenvalue weighted by molar-refractivity contribution is -0.0192. The number of nitrogens with zero attached hydrogens (tertiary/aromatic N) is 1. The highest BCUT2D eigenvalue weighted by molar-refractivity contribution is 7.99. The van der Waals surface area contributed by atoms with Crippen molar-refractivity contribution in [3.8, 4) is 0 Å². The van der Waals surface area contributed by atoms with E-state index in [4.69, 9.17) is 0 Å². The first-order chi connectivity index (χ1) is 6.45. The summed E-state index contributed by atoms with van der Waals surface area (Å²) in [6, 6.07) is 0. The molecule has 2 nitrogen and oxygen atoms in total. The number of aliphatic hydroxyl groups is 1. The number of hydrogen-bond donors (Lipinski definition) is 1. The maximum Gasteiger partial charge on any atom is 0.0632 e. The third-order valence-electron chi connectivity index (χ3n) is 3.31. The average molecular weight is 217 g/mol. The third kappa shape index (κ3) is 3.14. The highest BCUT2D eigenvalue weighted by Gasteiger charge is 2.32. The molecule has 1 aliphatic heterocycles. The normalized spacial score (nSPS) is 27.6. The topological polar surface area (TPSA) is 23.5 Å². The van der Waals surface area contributed by atoms with Gasteiger partial charge < -0.3 is 5.11 Å². The van der Waals surface area contributed by atoms with Crippen molar-refractivity contribution >= 4 is 11.8 Å². The molecule has 0 amide bonds. The highest BCUT2D eigenvalue weighted by atomic mass is 32.2. The van der Waals surface area contributed by atoms with E-state index in [1.807, 2.05) is 25.6 Å². The van der Waals surface area contributed by atoms with Crippen LogP contribution < -0.4 is 0 Å². The monoisotopic (exact) mass is 217 g/mol. The van der Waals surface area contributed by atoms with Crippen LogP contribution in [0, 0.1) is 5.92 Å². The van der Waals surface area contributed by atoms with Crippen molar-refractivity contribution < 1.29 is 5.11 Å². The first-order valence-corrected chi connectivity index (χ1v) is 6.73. The summed E-state index contributed by atoms with van der Waals surface area (Å²) in [5.74, 6) is 0.436. The molecule has 0 bridgehead atoms. The van der Waals surface area contributed by atoms with Crippen LogP contribution in [0.5, 0.6) is 0 Å². The Hall–Kier alpha value is 0.270. The molecule has 84 valence electrons. The first kappa shape index (κ1) is 12.3. The van der Waals surface area contributed by atoms with Crippen LogP contribution in [0.3, 0.4) is 0 Å². The van der Waals surface area contributed by atoms with Crippen LogP contribution >= 0.6 is 11.8 Å². The molecule has 0 radical (unpaired) electrons. The van der Waals surface area contributed by atoms with E-state index in [9.17, 15) is 5.11 Å². The molecular weight excluding hydrogens is 194 g/mol. The van der Waals surface area contributed by atoms with Crippen LogP contribution in [0.1, 0.15) is 33.6 Å². The van der Waals surface area contributed by atoms with E-state index in [1.165, 1.54) is 19.4 Å². The summed E-state index contributed by atoms with van der Waals surface area (Å²) in [4.78, 5) is 2.48. The average Bonchev–Trinajstić information content (AvgIpc) is 2.15. The summed E-state index contributed by atoms with van der Waals surface area (Å²) in [5, 5.41) is 10.6. The molecule has 0 aromatic carbocycles. The van der Waals surface area contributed by atoms with Crippen LogP contribution in [0.2, 0.25) is 0 Å². The predicted molar refractivity (Wildman–Crippen MR) is 63.6 cm³/mol. The van der Waals surface area contributed by atoms with Crippen LogP contribution in [0.25, 0.3) is 0 Å². The Labute approximate surface area is 92.1 Å². The Kier molecular flexibility index (Phi) is 4.29. The molecule has 0 saturated carbocycles. The summed E-state index contributed by atoms with van der Waals surface area (Å²) < 4.78 is 0. The Morgan fingerprint density at radius 2 is 2.14 bits per heavy atom. The minimum Gasteiger partial charge on any atom is -0.390 e. The van der Waals surface area contributed by atoms with Crippen molar-refractivity contribution in [2.45, 2.75) is 44.6 Å². The van der Waals surface area contributed by atoms with E-state index in [0.29, 0.717) is 11.3 Å². The smallest absolute Gasteiger partial charge is 0.0632 e. The molecule has 1 saturated heterocycles. The third-order valence-corrected chi connectivity index (χ3v) is 4.29. The Balaban J connectivity index is 2.52. The lowest BCUT2D eigenvalue weighted by Crippen LogP contribution is -2.46. The van der Waals surface area contributed by atoms with Crippen molar-refractivity contribution in [1.29, 1.82) is 0 Å². The maximum absolute atomic E-state index is 9.98. The van der Waals surface area contributed by atoms with Gasteiger partial charge in [0, 0.05) is 6.54 Å². The molecule has 2 atom stereocenters. The van der Waals surface area contributed by atoms with Crippen molar-refractivity contribution in [2.75, 3.05) is 19.3 Å².